The maximum absolute atomic E-state index is 11.7. The van der Waals surface area contributed by atoms with E-state index in [0.29, 0.717) is 0 Å². The lowest BCUT2D eigenvalue weighted by Crippen LogP contribution is -2.15. The quantitative estimate of drug-likeness (QED) is 0.361. The predicted octanol–water partition coefficient (Wildman–Crippen LogP) is 5.79. The molecule has 0 radical (unpaired) electrons. The summed E-state index contributed by atoms with van der Waals surface area (Å²) in [6.45, 7) is 1.92. The van der Waals surface area contributed by atoms with Crippen LogP contribution in [0.25, 0.3) is 22.6 Å². The van der Waals surface area contributed by atoms with Gasteiger partial charge >= 0.3 is 0 Å². The summed E-state index contributed by atoms with van der Waals surface area (Å²) in [5.41, 5.74) is 8.32. The molecule has 3 aromatic carbocycles. The van der Waals surface area contributed by atoms with E-state index in [0.717, 1.165) is 50.0 Å². The maximum atomic E-state index is 11.7. The van der Waals surface area contributed by atoms with Crippen LogP contribution < -0.4 is 0 Å². The second-order valence-corrected chi connectivity index (χ2v) is 7.58. The van der Waals surface area contributed by atoms with Crippen LogP contribution in [0.5, 0.6) is 0 Å². The van der Waals surface area contributed by atoms with Crippen LogP contribution in [0.2, 0.25) is 0 Å². The number of rotatable bonds is 3. The molecule has 1 aliphatic rings. The Morgan fingerprint density at radius 1 is 1.00 bits per heavy atom. The van der Waals surface area contributed by atoms with E-state index in [1.807, 2.05) is 42.5 Å². The van der Waals surface area contributed by atoms with Crippen molar-refractivity contribution in [2.45, 2.75) is 12.8 Å². The van der Waals surface area contributed by atoms with E-state index in [1.54, 1.807) is 0 Å². The Hall–Kier alpha value is -3.66. The van der Waals surface area contributed by atoms with Gasteiger partial charge in [-0.2, -0.15) is 0 Å². The van der Waals surface area contributed by atoms with E-state index in [1.165, 1.54) is 0 Å². The highest BCUT2D eigenvalue weighted by Crippen LogP contribution is 2.43. The van der Waals surface area contributed by atoms with Gasteiger partial charge < -0.3 is 4.98 Å². The first-order chi connectivity index (χ1) is 14.1. The monoisotopic (exact) mass is 380 g/mol. The zero-order valence-electron chi connectivity index (χ0n) is 16.1. The Balaban J connectivity index is 1.89. The second-order valence-electron chi connectivity index (χ2n) is 7.58. The molecular weight excluding hydrogens is 360 g/mol. The minimum absolute atomic E-state index is 0.138. The Kier molecular flexibility index (Phi) is 4.06. The molecule has 1 heterocycles. The smallest absolute Gasteiger partial charge is 0.214 e. The van der Waals surface area contributed by atoms with Gasteiger partial charge in [-0.1, -0.05) is 66.2 Å². The third-order valence-electron chi connectivity index (χ3n) is 5.70. The van der Waals surface area contributed by atoms with Crippen molar-refractivity contribution in [2.24, 2.45) is 0 Å². The second kappa shape index (κ2) is 6.74. The van der Waals surface area contributed by atoms with Crippen molar-refractivity contribution in [1.82, 2.24) is 4.98 Å². The van der Waals surface area contributed by atoms with Gasteiger partial charge in [-0.25, -0.2) is 0 Å². The van der Waals surface area contributed by atoms with Crippen LogP contribution >= 0.6 is 0 Å². The van der Waals surface area contributed by atoms with E-state index in [-0.39, 0.29) is 17.4 Å². The molecule has 5 rings (SSSR count). The number of hydrogen-bond donors (Lipinski definition) is 1. The summed E-state index contributed by atoms with van der Waals surface area (Å²) in [6.07, 6.45) is 2.16. The largest absolute Gasteiger partial charge is 0.354 e. The fourth-order valence-corrected chi connectivity index (χ4v) is 4.43. The van der Waals surface area contributed by atoms with Crippen molar-refractivity contribution >= 4 is 22.6 Å². The molecule has 1 aliphatic carbocycles. The molecule has 0 saturated heterocycles. The van der Waals surface area contributed by atoms with Gasteiger partial charge in [0.2, 0.25) is 6.54 Å². The Labute approximate surface area is 168 Å². The van der Waals surface area contributed by atoms with Gasteiger partial charge in [-0.3, -0.25) is 10.1 Å². The number of aromatic amines is 1. The van der Waals surface area contributed by atoms with Gasteiger partial charge in [0.25, 0.3) is 0 Å². The van der Waals surface area contributed by atoms with Gasteiger partial charge in [0.1, 0.15) is 0 Å². The fraction of sp³-hybridized carbons (Fsp3) is 0.120. The highest BCUT2D eigenvalue weighted by atomic mass is 16.6. The third-order valence-corrected chi connectivity index (χ3v) is 5.70. The molecule has 0 spiro atoms. The molecule has 142 valence electrons. The van der Waals surface area contributed by atoms with E-state index in [2.05, 4.69) is 48.3 Å². The summed E-state index contributed by atoms with van der Waals surface area (Å²) in [5.74, 6) is -0.316. The van der Waals surface area contributed by atoms with Crippen molar-refractivity contribution < 1.29 is 4.92 Å². The van der Waals surface area contributed by atoms with Crippen LogP contribution in [0.3, 0.4) is 0 Å². The summed E-state index contributed by atoms with van der Waals surface area (Å²) in [6, 6.07) is 24.5. The fourth-order valence-electron chi connectivity index (χ4n) is 4.43. The van der Waals surface area contributed by atoms with E-state index >= 15 is 0 Å². The number of benzene rings is 3. The summed E-state index contributed by atoms with van der Waals surface area (Å²) < 4.78 is 0. The Morgan fingerprint density at radius 3 is 2.55 bits per heavy atom. The van der Waals surface area contributed by atoms with Crippen LogP contribution in [0, 0.1) is 17.0 Å². The number of H-pyrrole nitrogens is 1. The first-order valence-electron chi connectivity index (χ1n) is 9.72. The summed E-state index contributed by atoms with van der Waals surface area (Å²) in [7, 11) is 0. The van der Waals surface area contributed by atoms with Gasteiger partial charge in [0, 0.05) is 21.4 Å². The molecule has 0 aliphatic heterocycles. The number of aromatic nitrogens is 1. The minimum atomic E-state index is -0.316. The Bertz CT molecular complexity index is 1270. The summed E-state index contributed by atoms with van der Waals surface area (Å²) in [4.78, 5) is 15.0. The lowest BCUT2D eigenvalue weighted by molar-refractivity contribution is -0.481. The first kappa shape index (κ1) is 17.4. The predicted molar refractivity (Wildman–Crippen MR) is 117 cm³/mol. The molecule has 0 saturated carbocycles. The van der Waals surface area contributed by atoms with Gasteiger partial charge in [-0.05, 0) is 47.4 Å². The molecule has 1 atom stereocenters. The van der Waals surface area contributed by atoms with Crippen molar-refractivity contribution in [3.8, 4) is 0 Å². The number of hydrogen-bond acceptors (Lipinski definition) is 2. The zero-order valence-corrected chi connectivity index (χ0v) is 16.1. The van der Waals surface area contributed by atoms with Crippen molar-refractivity contribution in [2.75, 3.05) is 6.54 Å². The molecule has 0 bridgehead atoms. The maximum Gasteiger partial charge on any atom is 0.214 e. The van der Waals surface area contributed by atoms with Gasteiger partial charge in [0.15, 0.2) is 0 Å². The van der Waals surface area contributed by atoms with Crippen molar-refractivity contribution in [3.63, 3.8) is 0 Å². The SMILES string of the molecule is Cc1ccc2[nH]c3c(c2c1)[C@H](C[N+](=O)[O-])c1ccccc1C=C3c1ccccc1. The van der Waals surface area contributed by atoms with Gasteiger partial charge in [0.05, 0.1) is 11.6 Å². The number of nitrogens with zero attached hydrogens (tertiary/aromatic N) is 1. The molecule has 29 heavy (non-hydrogen) atoms. The molecule has 0 unspecified atom stereocenters. The molecule has 0 amide bonds. The van der Waals surface area contributed by atoms with Crippen LogP contribution in [0.1, 0.15) is 39.4 Å². The van der Waals surface area contributed by atoms with E-state index in [9.17, 15) is 10.1 Å². The standard InChI is InChI=1S/C25H20N2O2/c1-16-11-12-23-21(13-16)24-22(15-27(28)29)19-10-6-5-9-18(19)14-20(25(24)26-23)17-7-3-2-4-8-17/h2-14,22,26H,15H2,1H3/t22-/m1/s1. The number of fused-ring (bicyclic) bond motifs is 4. The Morgan fingerprint density at radius 2 is 1.76 bits per heavy atom. The molecule has 4 heteroatoms. The lowest BCUT2D eigenvalue weighted by Gasteiger charge is -2.15. The normalized spacial score (nSPS) is 15.3. The molecular formula is C25H20N2O2. The van der Waals surface area contributed by atoms with Crippen LogP contribution in [0.4, 0.5) is 0 Å². The summed E-state index contributed by atoms with van der Waals surface area (Å²) in [5, 5.41) is 12.7. The molecule has 0 fully saturated rings. The summed E-state index contributed by atoms with van der Waals surface area (Å²) >= 11 is 0. The molecule has 1 aromatic heterocycles. The van der Waals surface area contributed by atoms with Gasteiger partial charge in [-0.15, -0.1) is 0 Å². The highest BCUT2D eigenvalue weighted by Gasteiger charge is 2.32. The lowest BCUT2D eigenvalue weighted by atomic mass is 9.87. The minimum Gasteiger partial charge on any atom is -0.354 e. The zero-order chi connectivity index (χ0) is 20.0. The molecule has 4 nitrogen and oxygen atoms in total. The average Bonchev–Trinajstić information content (AvgIpc) is 3.03. The van der Waals surface area contributed by atoms with E-state index in [4.69, 9.17) is 0 Å². The van der Waals surface area contributed by atoms with Crippen molar-refractivity contribution in [1.29, 1.82) is 0 Å². The highest BCUT2D eigenvalue weighted by molar-refractivity contribution is 6.00. The number of nitrogens with one attached hydrogen (secondary N) is 1. The first-order valence-corrected chi connectivity index (χ1v) is 9.72. The average molecular weight is 380 g/mol. The molecule has 1 N–H and O–H groups in total. The van der Waals surface area contributed by atoms with Crippen molar-refractivity contribution in [3.05, 3.63) is 116 Å². The number of aryl methyl sites for hydroxylation is 1. The van der Waals surface area contributed by atoms with E-state index < -0.39 is 0 Å². The topological polar surface area (TPSA) is 58.9 Å². The third kappa shape index (κ3) is 2.93. The van der Waals surface area contributed by atoms with Crippen LogP contribution in [-0.4, -0.2) is 16.5 Å². The van der Waals surface area contributed by atoms with Crippen LogP contribution in [0.15, 0.2) is 72.8 Å². The van der Waals surface area contributed by atoms with Crippen LogP contribution in [-0.2, 0) is 0 Å². The molecule has 4 aromatic rings. The number of nitro groups is 1.